The third-order valence-electron chi connectivity index (χ3n) is 4.09. The summed E-state index contributed by atoms with van der Waals surface area (Å²) in [7, 11) is 2.15. The Labute approximate surface area is 115 Å². The fourth-order valence-electron chi connectivity index (χ4n) is 2.84. The largest absolute Gasteiger partial charge is 0.326 e. The molecule has 1 aromatic rings. The minimum absolute atomic E-state index is 0.0288. The van der Waals surface area contributed by atoms with Crippen LogP contribution >= 0.6 is 0 Å². The average molecular weight is 265 g/mol. The van der Waals surface area contributed by atoms with Gasteiger partial charge in [0.05, 0.1) is 0 Å². The molecular weight excluding hydrogens is 241 g/mol. The summed E-state index contributed by atoms with van der Waals surface area (Å²) >= 11 is 0. The monoisotopic (exact) mass is 265 g/mol. The normalized spacial score (nSPS) is 25.2. The third-order valence-corrected chi connectivity index (χ3v) is 4.09. The van der Waals surface area contributed by atoms with Crippen LogP contribution in [0.1, 0.15) is 25.5 Å². The number of hydrogen-bond donors (Lipinski definition) is 1. The maximum Gasteiger partial charge on any atom is 0.123 e. The highest BCUT2D eigenvalue weighted by Crippen LogP contribution is 2.26. The van der Waals surface area contributed by atoms with E-state index < -0.39 is 0 Å². The van der Waals surface area contributed by atoms with Gasteiger partial charge < -0.3 is 10.6 Å². The van der Waals surface area contributed by atoms with Crippen LogP contribution in [0.25, 0.3) is 0 Å². The SMILES string of the molecule is CC(N)C(c1ccc(F)cc1)N1CCN(C)C(C)C1. The summed E-state index contributed by atoms with van der Waals surface area (Å²) in [5.74, 6) is -0.195. The highest BCUT2D eigenvalue weighted by atomic mass is 19.1. The molecular formula is C15H24FN3. The van der Waals surface area contributed by atoms with E-state index in [2.05, 4.69) is 23.8 Å². The minimum Gasteiger partial charge on any atom is -0.326 e. The lowest BCUT2D eigenvalue weighted by atomic mass is 9.97. The first-order valence-corrected chi connectivity index (χ1v) is 6.94. The average Bonchev–Trinajstić information content (AvgIpc) is 2.36. The zero-order valence-electron chi connectivity index (χ0n) is 12.0. The fourth-order valence-corrected chi connectivity index (χ4v) is 2.84. The van der Waals surface area contributed by atoms with E-state index in [1.807, 2.05) is 19.1 Å². The van der Waals surface area contributed by atoms with Crippen molar-refractivity contribution in [1.82, 2.24) is 9.80 Å². The lowest BCUT2D eigenvalue weighted by Gasteiger charge is -2.43. The van der Waals surface area contributed by atoms with Crippen LogP contribution in [0.2, 0.25) is 0 Å². The van der Waals surface area contributed by atoms with Gasteiger partial charge in [0, 0.05) is 37.8 Å². The van der Waals surface area contributed by atoms with Crippen molar-refractivity contribution in [2.75, 3.05) is 26.7 Å². The molecule has 1 aliphatic heterocycles. The number of likely N-dealkylation sites (N-methyl/N-ethyl adjacent to an activating group) is 1. The summed E-state index contributed by atoms with van der Waals surface area (Å²) in [5.41, 5.74) is 7.27. The van der Waals surface area contributed by atoms with Crippen LogP contribution in [0, 0.1) is 5.82 Å². The van der Waals surface area contributed by atoms with Gasteiger partial charge in [0.1, 0.15) is 5.82 Å². The molecule has 0 spiro atoms. The van der Waals surface area contributed by atoms with E-state index in [0.717, 1.165) is 25.2 Å². The van der Waals surface area contributed by atoms with E-state index in [-0.39, 0.29) is 17.9 Å². The smallest absolute Gasteiger partial charge is 0.123 e. The van der Waals surface area contributed by atoms with E-state index in [1.54, 1.807) is 0 Å². The molecule has 4 heteroatoms. The third kappa shape index (κ3) is 3.32. The molecule has 3 unspecified atom stereocenters. The van der Waals surface area contributed by atoms with Crippen molar-refractivity contribution < 1.29 is 4.39 Å². The maximum absolute atomic E-state index is 13.1. The molecule has 1 fully saturated rings. The van der Waals surface area contributed by atoms with Crippen molar-refractivity contribution >= 4 is 0 Å². The quantitative estimate of drug-likeness (QED) is 0.905. The molecule has 1 aromatic carbocycles. The first kappa shape index (κ1) is 14.4. The number of nitrogens with zero attached hydrogens (tertiary/aromatic N) is 2. The Kier molecular flexibility index (Phi) is 4.55. The van der Waals surface area contributed by atoms with Gasteiger partial charge in [-0.3, -0.25) is 4.90 Å². The van der Waals surface area contributed by atoms with Gasteiger partial charge in [0.2, 0.25) is 0 Å². The van der Waals surface area contributed by atoms with Gasteiger partial charge in [-0.15, -0.1) is 0 Å². The first-order valence-electron chi connectivity index (χ1n) is 6.94. The standard InChI is InChI=1S/C15H24FN3/c1-11-10-19(9-8-18(11)3)15(12(2)17)13-4-6-14(16)7-5-13/h4-7,11-12,15H,8-10,17H2,1-3H3. The molecule has 3 nitrogen and oxygen atoms in total. The molecule has 0 amide bonds. The van der Waals surface area contributed by atoms with Gasteiger partial charge in [0.15, 0.2) is 0 Å². The Hall–Kier alpha value is -0.970. The summed E-state index contributed by atoms with van der Waals surface area (Å²) in [4.78, 5) is 4.78. The van der Waals surface area contributed by atoms with Crippen LogP contribution in [-0.4, -0.2) is 48.6 Å². The molecule has 0 radical (unpaired) electrons. The summed E-state index contributed by atoms with van der Waals surface area (Å²) in [6.45, 7) is 7.31. The van der Waals surface area contributed by atoms with Crippen molar-refractivity contribution in [2.24, 2.45) is 5.73 Å². The molecule has 1 heterocycles. The fraction of sp³-hybridized carbons (Fsp3) is 0.600. The lowest BCUT2D eigenvalue weighted by molar-refractivity contribution is 0.0638. The molecule has 2 N–H and O–H groups in total. The molecule has 3 atom stereocenters. The topological polar surface area (TPSA) is 32.5 Å². The molecule has 0 saturated carbocycles. The Balaban J connectivity index is 2.18. The van der Waals surface area contributed by atoms with Crippen molar-refractivity contribution in [3.63, 3.8) is 0 Å². The van der Waals surface area contributed by atoms with Gasteiger partial charge in [-0.05, 0) is 38.6 Å². The van der Waals surface area contributed by atoms with Crippen molar-refractivity contribution in [1.29, 1.82) is 0 Å². The second kappa shape index (κ2) is 5.99. The highest BCUT2D eigenvalue weighted by Gasteiger charge is 2.29. The maximum atomic E-state index is 13.1. The predicted molar refractivity (Wildman–Crippen MR) is 76.5 cm³/mol. The molecule has 1 aliphatic rings. The predicted octanol–water partition coefficient (Wildman–Crippen LogP) is 1.85. The summed E-state index contributed by atoms with van der Waals surface area (Å²) in [6, 6.07) is 7.46. The molecule has 0 bridgehead atoms. The summed E-state index contributed by atoms with van der Waals surface area (Å²) < 4.78 is 13.1. The van der Waals surface area contributed by atoms with Crippen LogP contribution in [0.4, 0.5) is 4.39 Å². The number of benzene rings is 1. The van der Waals surface area contributed by atoms with Crippen LogP contribution in [-0.2, 0) is 0 Å². The first-order chi connectivity index (χ1) is 8.99. The lowest BCUT2D eigenvalue weighted by Crippen LogP contribution is -2.53. The molecule has 0 aliphatic carbocycles. The van der Waals surface area contributed by atoms with E-state index in [9.17, 15) is 4.39 Å². The van der Waals surface area contributed by atoms with E-state index >= 15 is 0 Å². The Morgan fingerprint density at radius 1 is 1.26 bits per heavy atom. The van der Waals surface area contributed by atoms with Gasteiger partial charge in [-0.2, -0.15) is 0 Å². The van der Waals surface area contributed by atoms with Crippen molar-refractivity contribution in [3.8, 4) is 0 Å². The van der Waals surface area contributed by atoms with Crippen LogP contribution in [0.15, 0.2) is 24.3 Å². The number of piperazine rings is 1. The van der Waals surface area contributed by atoms with Crippen molar-refractivity contribution in [3.05, 3.63) is 35.6 Å². The van der Waals surface area contributed by atoms with Crippen LogP contribution < -0.4 is 5.73 Å². The Morgan fingerprint density at radius 3 is 2.42 bits per heavy atom. The number of nitrogens with two attached hydrogens (primary N) is 1. The van der Waals surface area contributed by atoms with Crippen LogP contribution in [0.3, 0.4) is 0 Å². The minimum atomic E-state index is -0.195. The molecule has 2 rings (SSSR count). The summed E-state index contributed by atoms with van der Waals surface area (Å²) in [6.07, 6.45) is 0. The molecule has 106 valence electrons. The zero-order chi connectivity index (χ0) is 14.0. The number of rotatable bonds is 3. The number of halogens is 1. The molecule has 0 aromatic heterocycles. The molecule has 19 heavy (non-hydrogen) atoms. The Bertz CT molecular complexity index is 404. The van der Waals surface area contributed by atoms with Gasteiger partial charge in [-0.1, -0.05) is 12.1 Å². The second-order valence-corrected chi connectivity index (χ2v) is 5.68. The second-order valence-electron chi connectivity index (χ2n) is 5.68. The molecule has 1 saturated heterocycles. The van der Waals surface area contributed by atoms with E-state index in [1.165, 1.54) is 12.1 Å². The zero-order valence-corrected chi connectivity index (χ0v) is 12.0. The van der Waals surface area contributed by atoms with Gasteiger partial charge in [-0.25, -0.2) is 4.39 Å². The van der Waals surface area contributed by atoms with Gasteiger partial charge >= 0.3 is 0 Å². The summed E-state index contributed by atoms with van der Waals surface area (Å²) in [5, 5.41) is 0. The van der Waals surface area contributed by atoms with Crippen LogP contribution in [0.5, 0.6) is 0 Å². The highest BCUT2D eigenvalue weighted by molar-refractivity contribution is 5.21. The van der Waals surface area contributed by atoms with Crippen molar-refractivity contribution in [2.45, 2.75) is 32.0 Å². The van der Waals surface area contributed by atoms with E-state index in [4.69, 9.17) is 5.73 Å². The van der Waals surface area contributed by atoms with Gasteiger partial charge in [0.25, 0.3) is 0 Å². The van der Waals surface area contributed by atoms with E-state index in [0.29, 0.717) is 6.04 Å². The number of hydrogen-bond acceptors (Lipinski definition) is 3. The Morgan fingerprint density at radius 2 is 1.89 bits per heavy atom.